The quantitative estimate of drug-likeness (QED) is 0.854. The molecular formula is C21H23FN2O. The fraction of sp³-hybridized carbons (Fsp3) is 0.381. The average molecular weight is 338 g/mol. The van der Waals surface area contributed by atoms with Gasteiger partial charge in [-0.15, -0.1) is 0 Å². The van der Waals surface area contributed by atoms with Gasteiger partial charge >= 0.3 is 0 Å². The molecule has 2 aromatic rings. The van der Waals surface area contributed by atoms with Crippen LogP contribution >= 0.6 is 0 Å². The lowest BCUT2D eigenvalue weighted by Crippen LogP contribution is -2.49. The number of halogens is 1. The van der Waals surface area contributed by atoms with Crippen LogP contribution in [0.1, 0.15) is 23.5 Å². The van der Waals surface area contributed by atoms with Gasteiger partial charge < -0.3 is 9.80 Å². The second-order valence-corrected chi connectivity index (χ2v) is 7.10. The standard InChI is InChI=1S/C21H23FN2O/c1-15-13-17(22)7-8-20(15)23-9-11-24(12-10-23)21(25)19-14-18(19)16-5-3-2-4-6-16/h2-8,13,18-19H,9-12,14H2,1H3/t18-,19+/m1/s1. The highest BCUT2D eigenvalue weighted by Crippen LogP contribution is 2.48. The lowest BCUT2D eigenvalue weighted by Gasteiger charge is -2.37. The van der Waals surface area contributed by atoms with Gasteiger partial charge in [0, 0.05) is 37.8 Å². The maximum Gasteiger partial charge on any atom is 0.226 e. The molecule has 25 heavy (non-hydrogen) atoms. The molecule has 3 nitrogen and oxygen atoms in total. The van der Waals surface area contributed by atoms with Crippen LogP contribution in [-0.2, 0) is 4.79 Å². The molecule has 2 fully saturated rings. The summed E-state index contributed by atoms with van der Waals surface area (Å²) in [4.78, 5) is 17.0. The number of rotatable bonds is 3. The Kier molecular flexibility index (Phi) is 4.20. The Bertz CT molecular complexity index is 769. The molecule has 130 valence electrons. The minimum absolute atomic E-state index is 0.154. The summed E-state index contributed by atoms with van der Waals surface area (Å²) in [6.07, 6.45) is 0.972. The molecular weight excluding hydrogens is 315 g/mol. The molecule has 1 heterocycles. The molecule has 0 aromatic heterocycles. The molecule has 2 aromatic carbocycles. The molecule has 2 aliphatic rings. The summed E-state index contributed by atoms with van der Waals surface area (Å²) in [6, 6.07) is 15.3. The molecule has 1 aliphatic carbocycles. The van der Waals surface area contributed by atoms with E-state index < -0.39 is 0 Å². The van der Waals surface area contributed by atoms with E-state index in [1.54, 1.807) is 6.07 Å². The van der Waals surface area contributed by atoms with Crippen molar-refractivity contribution in [2.45, 2.75) is 19.3 Å². The van der Waals surface area contributed by atoms with Crippen LogP contribution in [0.5, 0.6) is 0 Å². The Hall–Kier alpha value is -2.36. The maximum atomic E-state index is 13.3. The number of carbonyl (C=O) groups excluding carboxylic acids is 1. The predicted molar refractivity (Wildman–Crippen MR) is 97.2 cm³/mol. The molecule has 1 saturated carbocycles. The zero-order valence-electron chi connectivity index (χ0n) is 14.5. The van der Waals surface area contributed by atoms with Gasteiger partial charge in [-0.05, 0) is 48.6 Å². The normalized spacial score (nSPS) is 22.8. The summed E-state index contributed by atoms with van der Waals surface area (Å²) in [5.41, 5.74) is 3.30. The third kappa shape index (κ3) is 3.26. The smallest absolute Gasteiger partial charge is 0.226 e. The van der Waals surface area contributed by atoms with E-state index in [2.05, 4.69) is 17.0 Å². The lowest BCUT2D eigenvalue weighted by atomic mass is 10.1. The molecule has 4 rings (SSSR count). The van der Waals surface area contributed by atoms with Crippen molar-refractivity contribution in [1.82, 2.24) is 4.90 Å². The van der Waals surface area contributed by atoms with Crippen LogP contribution in [0.15, 0.2) is 48.5 Å². The number of carbonyl (C=O) groups is 1. The SMILES string of the molecule is Cc1cc(F)ccc1N1CCN(C(=O)[C@H]2C[C@@H]2c2ccccc2)CC1. The summed E-state index contributed by atoms with van der Waals surface area (Å²) < 4.78 is 13.3. The van der Waals surface area contributed by atoms with Crippen molar-refractivity contribution in [3.8, 4) is 0 Å². The van der Waals surface area contributed by atoms with E-state index in [9.17, 15) is 9.18 Å². The van der Waals surface area contributed by atoms with Crippen molar-refractivity contribution >= 4 is 11.6 Å². The van der Waals surface area contributed by atoms with Gasteiger partial charge in [0.15, 0.2) is 0 Å². The van der Waals surface area contributed by atoms with E-state index in [0.29, 0.717) is 11.8 Å². The first-order valence-corrected chi connectivity index (χ1v) is 8.98. The van der Waals surface area contributed by atoms with Crippen molar-refractivity contribution < 1.29 is 9.18 Å². The van der Waals surface area contributed by atoms with Crippen LogP contribution in [0.2, 0.25) is 0 Å². The second-order valence-electron chi connectivity index (χ2n) is 7.10. The predicted octanol–water partition coefficient (Wildman–Crippen LogP) is 3.59. The Balaban J connectivity index is 1.35. The number of piperazine rings is 1. The number of aryl methyl sites for hydroxylation is 1. The Morgan fingerprint density at radius 1 is 1.04 bits per heavy atom. The monoisotopic (exact) mass is 338 g/mol. The Labute approximate surface area is 148 Å². The van der Waals surface area contributed by atoms with Gasteiger partial charge in [-0.2, -0.15) is 0 Å². The molecule has 0 unspecified atom stereocenters. The van der Waals surface area contributed by atoms with Gasteiger partial charge in [-0.3, -0.25) is 4.79 Å². The van der Waals surface area contributed by atoms with Gasteiger partial charge in [0.2, 0.25) is 5.91 Å². The highest BCUT2D eigenvalue weighted by Gasteiger charge is 2.45. The summed E-state index contributed by atoms with van der Waals surface area (Å²) >= 11 is 0. The number of hydrogen-bond acceptors (Lipinski definition) is 2. The molecule has 1 amide bonds. The molecule has 0 spiro atoms. The first-order chi connectivity index (χ1) is 12.1. The number of amides is 1. The Morgan fingerprint density at radius 2 is 1.76 bits per heavy atom. The van der Waals surface area contributed by atoms with Gasteiger partial charge in [0.25, 0.3) is 0 Å². The minimum atomic E-state index is -0.198. The van der Waals surface area contributed by atoms with E-state index in [-0.39, 0.29) is 11.7 Å². The summed E-state index contributed by atoms with van der Waals surface area (Å²) in [6.45, 7) is 5.04. The number of benzene rings is 2. The van der Waals surface area contributed by atoms with Gasteiger partial charge in [-0.25, -0.2) is 4.39 Å². The summed E-state index contributed by atoms with van der Waals surface area (Å²) in [5.74, 6) is 0.646. The maximum absolute atomic E-state index is 13.3. The molecule has 0 radical (unpaired) electrons. The van der Waals surface area contributed by atoms with Crippen LogP contribution in [-0.4, -0.2) is 37.0 Å². The largest absolute Gasteiger partial charge is 0.368 e. The topological polar surface area (TPSA) is 23.6 Å². The third-order valence-corrected chi connectivity index (χ3v) is 5.43. The van der Waals surface area contributed by atoms with Crippen molar-refractivity contribution in [3.05, 3.63) is 65.5 Å². The van der Waals surface area contributed by atoms with E-state index in [1.807, 2.05) is 36.1 Å². The molecule has 0 N–H and O–H groups in total. The Morgan fingerprint density at radius 3 is 2.44 bits per heavy atom. The van der Waals surface area contributed by atoms with Crippen LogP contribution in [0.25, 0.3) is 0 Å². The molecule has 0 bridgehead atoms. The lowest BCUT2D eigenvalue weighted by molar-refractivity contribution is -0.132. The highest BCUT2D eigenvalue weighted by atomic mass is 19.1. The summed E-state index contributed by atoms with van der Waals surface area (Å²) in [5, 5.41) is 0. The van der Waals surface area contributed by atoms with E-state index in [0.717, 1.165) is 43.9 Å². The van der Waals surface area contributed by atoms with E-state index in [1.165, 1.54) is 11.6 Å². The van der Waals surface area contributed by atoms with Crippen LogP contribution in [0.3, 0.4) is 0 Å². The molecule has 1 saturated heterocycles. The number of nitrogens with zero attached hydrogens (tertiary/aromatic N) is 2. The summed E-state index contributed by atoms with van der Waals surface area (Å²) in [7, 11) is 0. The minimum Gasteiger partial charge on any atom is -0.368 e. The van der Waals surface area contributed by atoms with Crippen molar-refractivity contribution in [1.29, 1.82) is 0 Å². The van der Waals surface area contributed by atoms with E-state index >= 15 is 0 Å². The fourth-order valence-corrected chi connectivity index (χ4v) is 3.91. The van der Waals surface area contributed by atoms with Crippen molar-refractivity contribution in [3.63, 3.8) is 0 Å². The van der Waals surface area contributed by atoms with Gasteiger partial charge in [-0.1, -0.05) is 30.3 Å². The zero-order valence-corrected chi connectivity index (χ0v) is 14.5. The average Bonchev–Trinajstić information content (AvgIpc) is 3.43. The first kappa shape index (κ1) is 16.1. The highest BCUT2D eigenvalue weighted by molar-refractivity contribution is 5.83. The van der Waals surface area contributed by atoms with Crippen molar-refractivity contribution in [2.24, 2.45) is 5.92 Å². The van der Waals surface area contributed by atoms with Crippen LogP contribution in [0.4, 0.5) is 10.1 Å². The van der Waals surface area contributed by atoms with Crippen molar-refractivity contribution in [2.75, 3.05) is 31.1 Å². The van der Waals surface area contributed by atoms with E-state index in [4.69, 9.17) is 0 Å². The van der Waals surface area contributed by atoms with Crippen LogP contribution < -0.4 is 4.90 Å². The molecule has 1 aliphatic heterocycles. The fourth-order valence-electron chi connectivity index (χ4n) is 3.91. The first-order valence-electron chi connectivity index (χ1n) is 8.98. The van der Waals surface area contributed by atoms with Crippen LogP contribution in [0, 0.1) is 18.7 Å². The zero-order chi connectivity index (χ0) is 17.4. The molecule has 4 heteroatoms. The number of anilines is 1. The number of hydrogen-bond donors (Lipinski definition) is 0. The van der Waals surface area contributed by atoms with Gasteiger partial charge in [0.05, 0.1) is 0 Å². The van der Waals surface area contributed by atoms with Gasteiger partial charge in [0.1, 0.15) is 5.82 Å². The third-order valence-electron chi connectivity index (χ3n) is 5.43. The second kappa shape index (κ2) is 6.51. The molecule has 2 atom stereocenters.